The van der Waals surface area contributed by atoms with Gasteiger partial charge in [-0.1, -0.05) is 6.07 Å². The second-order valence-electron chi connectivity index (χ2n) is 5.15. The number of rotatable bonds is 5. The van der Waals surface area contributed by atoms with Crippen molar-refractivity contribution in [2.45, 2.75) is 47.0 Å². The van der Waals surface area contributed by atoms with Crippen LogP contribution in [0.15, 0.2) is 22.7 Å². The van der Waals surface area contributed by atoms with Crippen LogP contribution in [-0.2, 0) is 13.2 Å². The summed E-state index contributed by atoms with van der Waals surface area (Å²) in [6.45, 7) is 9.05. The average molecular weight is 353 g/mol. The summed E-state index contributed by atoms with van der Waals surface area (Å²) in [5.41, 5.74) is 3.92. The first kappa shape index (κ1) is 16.0. The molecule has 2 aromatic rings. The number of halogens is 1. The van der Waals surface area contributed by atoms with Gasteiger partial charge in [-0.3, -0.25) is 4.68 Å². The van der Waals surface area contributed by atoms with Crippen LogP contribution in [0.4, 0.5) is 0 Å². The van der Waals surface area contributed by atoms with Gasteiger partial charge in [-0.2, -0.15) is 5.10 Å². The van der Waals surface area contributed by atoms with Crippen molar-refractivity contribution in [1.29, 1.82) is 0 Å². The van der Waals surface area contributed by atoms with E-state index in [1.54, 1.807) is 6.92 Å². The standard InChI is InChI=1S/C16H21BrN2O2/c1-5-19-14(16(17)11(3)18-19)9-21-15-7-6-13(12(4)20)8-10(15)2/h6-8,12,20H,5,9H2,1-4H3. The fourth-order valence-corrected chi connectivity index (χ4v) is 2.65. The third kappa shape index (κ3) is 3.47. The Kier molecular flexibility index (Phi) is 5.06. The van der Waals surface area contributed by atoms with Crippen LogP contribution < -0.4 is 4.74 Å². The maximum Gasteiger partial charge on any atom is 0.131 e. The second-order valence-corrected chi connectivity index (χ2v) is 5.94. The van der Waals surface area contributed by atoms with Crippen LogP contribution in [0.2, 0.25) is 0 Å². The van der Waals surface area contributed by atoms with E-state index < -0.39 is 6.10 Å². The van der Waals surface area contributed by atoms with Crippen LogP contribution in [0.25, 0.3) is 0 Å². The topological polar surface area (TPSA) is 47.3 Å². The molecule has 21 heavy (non-hydrogen) atoms. The van der Waals surface area contributed by atoms with E-state index >= 15 is 0 Å². The number of aliphatic hydroxyl groups is 1. The van der Waals surface area contributed by atoms with E-state index in [4.69, 9.17) is 4.74 Å². The monoisotopic (exact) mass is 352 g/mol. The van der Waals surface area contributed by atoms with Crippen molar-refractivity contribution >= 4 is 15.9 Å². The Bertz CT molecular complexity index is 635. The highest BCUT2D eigenvalue weighted by Gasteiger charge is 2.13. The number of nitrogens with zero attached hydrogens (tertiary/aromatic N) is 2. The quantitative estimate of drug-likeness (QED) is 0.887. The van der Waals surface area contributed by atoms with Gasteiger partial charge < -0.3 is 9.84 Å². The fraction of sp³-hybridized carbons (Fsp3) is 0.438. The zero-order chi connectivity index (χ0) is 15.6. The molecule has 0 bridgehead atoms. The van der Waals surface area contributed by atoms with E-state index in [-0.39, 0.29) is 0 Å². The molecule has 1 heterocycles. The molecule has 0 spiro atoms. The molecule has 0 aliphatic heterocycles. The Morgan fingerprint density at radius 2 is 2.10 bits per heavy atom. The Morgan fingerprint density at radius 3 is 2.67 bits per heavy atom. The molecule has 0 saturated heterocycles. The van der Waals surface area contributed by atoms with Gasteiger partial charge in [0.25, 0.3) is 0 Å². The minimum Gasteiger partial charge on any atom is -0.487 e. The summed E-state index contributed by atoms with van der Waals surface area (Å²) in [5, 5.41) is 14.1. The minimum absolute atomic E-state index is 0.462. The molecule has 0 radical (unpaired) electrons. The minimum atomic E-state index is -0.462. The third-order valence-electron chi connectivity index (χ3n) is 3.50. The molecule has 1 atom stereocenters. The lowest BCUT2D eigenvalue weighted by atomic mass is 10.1. The molecule has 1 aromatic heterocycles. The van der Waals surface area contributed by atoms with E-state index in [1.165, 1.54) is 0 Å². The molecule has 2 rings (SSSR count). The molecule has 0 saturated carbocycles. The maximum atomic E-state index is 9.60. The fourth-order valence-electron chi connectivity index (χ4n) is 2.25. The molecular formula is C16H21BrN2O2. The van der Waals surface area contributed by atoms with E-state index in [0.717, 1.165) is 39.3 Å². The van der Waals surface area contributed by atoms with Crippen LogP contribution in [0, 0.1) is 13.8 Å². The van der Waals surface area contributed by atoms with E-state index in [2.05, 4.69) is 28.0 Å². The third-order valence-corrected chi connectivity index (χ3v) is 4.53. The molecule has 0 aliphatic carbocycles. The summed E-state index contributed by atoms with van der Waals surface area (Å²) in [6, 6.07) is 5.76. The average Bonchev–Trinajstić information content (AvgIpc) is 2.72. The predicted octanol–water partition coefficient (Wildman–Crippen LogP) is 3.91. The van der Waals surface area contributed by atoms with Gasteiger partial charge in [0.2, 0.25) is 0 Å². The molecule has 1 unspecified atom stereocenters. The van der Waals surface area contributed by atoms with Gasteiger partial charge in [0.15, 0.2) is 0 Å². The van der Waals surface area contributed by atoms with Gasteiger partial charge in [0.1, 0.15) is 12.4 Å². The van der Waals surface area contributed by atoms with Gasteiger partial charge in [0, 0.05) is 6.54 Å². The van der Waals surface area contributed by atoms with E-state index in [1.807, 2.05) is 36.7 Å². The molecule has 0 aliphatic rings. The SMILES string of the molecule is CCn1nc(C)c(Br)c1COc1ccc(C(C)O)cc1C. The van der Waals surface area contributed by atoms with Gasteiger partial charge in [0.05, 0.1) is 22.0 Å². The zero-order valence-corrected chi connectivity index (χ0v) is 14.4. The predicted molar refractivity (Wildman–Crippen MR) is 86.5 cm³/mol. The van der Waals surface area contributed by atoms with E-state index in [0.29, 0.717) is 6.61 Å². The van der Waals surface area contributed by atoms with Gasteiger partial charge >= 0.3 is 0 Å². The smallest absolute Gasteiger partial charge is 0.131 e. The van der Waals surface area contributed by atoms with Crippen molar-refractivity contribution in [3.05, 3.63) is 45.2 Å². The summed E-state index contributed by atoms with van der Waals surface area (Å²) < 4.78 is 8.87. The Hall–Kier alpha value is -1.33. The van der Waals surface area contributed by atoms with Crippen molar-refractivity contribution in [3.63, 3.8) is 0 Å². The Balaban J connectivity index is 2.17. The molecule has 4 nitrogen and oxygen atoms in total. The first-order chi connectivity index (χ1) is 9.93. The summed E-state index contributed by atoms with van der Waals surface area (Å²) in [5.74, 6) is 0.827. The molecule has 1 N–H and O–H groups in total. The lowest BCUT2D eigenvalue weighted by Gasteiger charge is -2.13. The number of ether oxygens (including phenoxy) is 1. The molecule has 114 valence electrons. The highest BCUT2D eigenvalue weighted by molar-refractivity contribution is 9.10. The Morgan fingerprint density at radius 1 is 1.38 bits per heavy atom. The van der Waals surface area contributed by atoms with Crippen molar-refractivity contribution in [1.82, 2.24) is 9.78 Å². The van der Waals surface area contributed by atoms with Gasteiger partial charge in [-0.25, -0.2) is 0 Å². The maximum absolute atomic E-state index is 9.60. The van der Waals surface area contributed by atoms with Crippen LogP contribution in [0.1, 0.15) is 42.5 Å². The van der Waals surface area contributed by atoms with Gasteiger partial charge in [-0.15, -0.1) is 0 Å². The molecule has 0 amide bonds. The molecule has 1 aromatic carbocycles. The summed E-state index contributed by atoms with van der Waals surface area (Å²) >= 11 is 3.57. The largest absolute Gasteiger partial charge is 0.487 e. The van der Waals surface area contributed by atoms with Gasteiger partial charge in [-0.05, 0) is 66.9 Å². The van der Waals surface area contributed by atoms with Crippen molar-refractivity contribution in [2.24, 2.45) is 0 Å². The summed E-state index contributed by atoms with van der Waals surface area (Å²) in [6.07, 6.45) is -0.462. The highest BCUT2D eigenvalue weighted by Crippen LogP contribution is 2.26. The van der Waals surface area contributed by atoms with Crippen LogP contribution in [0.3, 0.4) is 0 Å². The molecule has 0 fully saturated rings. The van der Waals surface area contributed by atoms with Crippen molar-refractivity contribution in [2.75, 3.05) is 0 Å². The zero-order valence-electron chi connectivity index (χ0n) is 12.9. The normalized spacial score (nSPS) is 12.5. The van der Waals surface area contributed by atoms with Crippen LogP contribution >= 0.6 is 15.9 Å². The molecule has 5 heteroatoms. The number of hydrogen-bond donors (Lipinski definition) is 1. The number of hydrogen-bond acceptors (Lipinski definition) is 3. The van der Waals surface area contributed by atoms with E-state index in [9.17, 15) is 5.11 Å². The number of aliphatic hydroxyl groups excluding tert-OH is 1. The van der Waals surface area contributed by atoms with Crippen LogP contribution in [0.5, 0.6) is 5.75 Å². The van der Waals surface area contributed by atoms with Crippen LogP contribution in [-0.4, -0.2) is 14.9 Å². The number of aromatic nitrogens is 2. The number of aryl methyl sites for hydroxylation is 3. The lowest BCUT2D eigenvalue weighted by molar-refractivity contribution is 0.199. The van der Waals surface area contributed by atoms with Crippen molar-refractivity contribution < 1.29 is 9.84 Å². The summed E-state index contributed by atoms with van der Waals surface area (Å²) in [4.78, 5) is 0. The summed E-state index contributed by atoms with van der Waals surface area (Å²) in [7, 11) is 0. The highest BCUT2D eigenvalue weighted by atomic mass is 79.9. The lowest BCUT2D eigenvalue weighted by Crippen LogP contribution is -2.07. The first-order valence-electron chi connectivity index (χ1n) is 7.07. The number of benzene rings is 1. The first-order valence-corrected chi connectivity index (χ1v) is 7.86. The molecular weight excluding hydrogens is 332 g/mol. The van der Waals surface area contributed by atoms with Crippen molar-refractivity contribution in [3.8, 4) is 5.75 Å². The second kappa shape index (κ2) is 6.62. The Labute approximate surface area is 133 Å².